The third kappa shape index (κ3) is 4.14. The van der Waals surface area contributed by atoms with Gasteiger partial charge in [-0.05, 0) is 30.9 Å². The van der Waals surface area contributed by atoms with Gasteiger partial charge in [-0.2, -0.15) is 0 Å². The van der Waals surface area contributed by atoms with Crippen molar-refractivity contribution < 1.29 is 0 Å². The Bertz CT molecular complexity index is 326. The second-order valence-electron chi connectivity index (χ2n) is 5.75. The maximum Gasteiger partial charge on any atom is 0.0527 e. The Hall–Kier alpha value is -0.220. The van der Waals surface area contributed by atoms with E-state index in [1.165, 1.54) is 50.9 Å². The first-order valence-corrected chi connectivity index (χ1v) is 7.53. The molecule has 2 N–H and O–H groups in total. The SMILES string of the molecule is Cl.Cl.c1c[nH]c([C@@H](C2CCCCC2)N2CCNCC2)c1. The summed E-state index contributed by atoms with van der Waals surface area (Å²) in [6.45, 7) is 4.67. The second-order valence-corrected chi connectivity index (χ2v) is 5.75. The van der Waals surface area contributed by atoms with E-state index >= 15 is 0 Å². The summed E-state index contributed by atoms with van der Waals surface area (Å²) in [5.41, 5.74) is 1.43. The molecule has 0 radical (unpaired) electrons. The van der Waals surface area contributed by atoms with Gasteiger partial charge in [0.05, 0.1) is 6.04 Å². The minimum absolute atomic E-state index is 0. The quantitative estimate of drug-likeness (QED) is 0.894. The molecule has 2 aliphatic rings. The molecule has 0 unspecified atom stereocenters. The van der Waals surface area contributed by atoms with Crippen LogP contribution in [0, 0.1) is 5.92 Å². The number of nitrogens with one attached hydrogen (secondary N) is 2. The lowest BCUT2D eigenvalue weighted by Crippen LogP contribution is -2.47. The third-order valence-electron chi connectivity index (χ3n) is 4.58. The van der Waals surface area contributed by atoms with Crippen LogP contribution in [0.5, 0.6) is 0 Å². The van der Waals surface area contributed by atoms with Crippen molar-refractivity contribution in [3.05, 3.63) is 24.0 Å². The molecule has 2 heterocycles. The predicted molar refractivity (Wildman–Crippen MR) is 89.0 cm³/mol. The summed E-state index contributed by atoms with van der Waals surface area (Å²) in [6.07, 6.45) is 9.19. The molecule has 1 saturated heterocycles. The topological polar surface area (TPSA) is 31.1 Å². The van der Waals surface area contributed by atoms with Crippen molar-refractivity contribution in [2.24, 2.45) is 5.92 Å². The molecule has 0 aromatic carbocycles. The number of piperazine rings is 1. The number of aromatic nitrogens is 1. The van der Waals surface area contributed by atoms with Crippen LogP contribution in [-0.2, 0) is 0 Å². The van der Waals surface area contributed by atoms with Crippen molar-refractivity contribution in [3.63, 3.8) is 0 Å². The van der Waals surface area contributed by atoms with Crippen LogP contribution in [-0.4, -0.2) is 36.1 Å². The molecule has 1 atom stereocenters. The van der Waals surface area contributed by atoms with Crippen LogP contribution in [0.1, 0.15) is 43.8 Å². The lowest BCUT2D eigenvalue weighted by molar-refractivity contribution is 0.101. The fourth-order valence-corrected chi connectivity index (χ4v) is 3.69. The number of halogens is 2. The van der Waals surface area contributed by atoms with Crippen molar-refractivity contribution in [2.75, 3.05) is 26.2 Å². The van der Waals surface area contributed by atoms with E-state index in [9.17, 15) is 0 Å². The van der Waals surface area contributed by atoms with Crippen molar-refractivity contribution in [3.8, 4) is 0 Å². The number of rotatable bonds is 3. The highest BCUT2D eigenvalue weighted by Gasteiger charge is 2.31. The van der Waals surface area contributed by atoms with E-state index in [1.54, 1.807) is 0 Å². The second kappa shape index (κ2) is 8.93. The highest BCUT2D eigenvalue weighted by molar-refractivity contribution is 5.85. The molecular weight excluding hydrogens is 293 g/mol. The van der Waals surface area contributed by atoms with Gasteiger partial charge < -0.3 is 10.3 Å². The lowest BCUT2D eigenvalue weighted by Gasteiger charge is -2.40. The van der Waals surface area contributed by atoms with Crippen LogP contribution in [0.2, 0.25) is 0 Å². The Morgan fingerprint density at radius 2 is 1.75 bits per heavy atom. The zero-order valence-electron chi connectivity index (χ0n) is 12.0. The van der Waals surface area contributed by atoms with Gasteiger partial charge in [0, 0.05) is 38.1 Å². The van der Waals surface area contributed by atoms with Crippen LogP contribution >= 0.6 is 24.8 Å². The normalized spacial score (nSPS) is 22.6. The van der Waals surface area contributed by atoms with Crippen LogP contribution in [0.25, 0.3) is 0 Å². The average molecular weight is 320 g/mol. The summed E-state index contributed by atoms with van der Waals surface area (Å²) < 4.78 is 0. The van der Waals surface area contributed by atoms with Crippen LogP contribution < -0.4 is 5.32 Å². The van der Waals surface area contributed by atoms with E-state index < -0.39 is 0 Å². The monoisotopic (exact) mass is 319 g/mol. The maximum absolute atomic E-state index is 3.47. The van der Waals surface area contributed by atoms with Gasteiger partial charge in [-0.25, -0.2) is 0 Å². The van der Waals surface area contributed by atoms with E-state index in [1.807, 2.05) is 0 Å². The highest BCUT2D eigenvalue weighted by atomic mass is 35.5. The van der Waals surface area contributed by atoms with Crippen LogP contribution in [0.4, 0.5) is 0 Å². The average Bonchev–Trinajstić information content (AvgIpc) is 2.95. The lowest BCUT2D eigenvalue weighted by atomic mass is 9.81. The van der Waals surface area contributed by atoms with E-state index in [2.05, 4.69) is 33.5 Å². The van der Waals surface area contributed by atoms with E-state index in [0.29, 0.717) is 6.04 Å². The molecule has 1 aliphatic heterocycles. The predicted octanol–water partition coefficient (Wildman–Crippen LogP) is 3.38. The molecular formula is C15H27Cl2N3. The van der Waals surface area contributed by atoms with Gasteiger partial charge in [0.15, 0.2) is 0 Å². The van der Waals surface area contributed by atoms with Crippen molar-refractivity contribution in [1.82, 2.24) is 15.2 Å². The standard InChI is InChI=1S/C15H25N3.2ClH/c1-2-5-13(6-3-1)15(14-7-4-8-17-14)18-11-9-16-10-12-18;;/h4,7-8,13,15-17H,1-3,5-6,9-12H2;2*1H/t15-;;/m1../s1. The number of aromatic amines is 1. The Labute approximate surface area is 134 Å². The van der Waals surface area contributed by atoms with Gasteiger partial charge in [-0.1, -0.05) is 19.3 Å². The Kier molecular flexibility index (Phi) is 7.96. The molecule has 1 aliphatic carbocycles. The molecule has 0 amide bonds. The maximum atomic E-state index is 3.47. The molecule has 1 saturated carbocycles. The first kappa shape index (κ1) is 17.8. The van der Waals surface area contributed by atoms with Gasteiger partial charge in [0.2, 0.25) is 0 Å². The fraction of sp³-hybridized carbons (Fsp3) is 0.733. The molecule has 116 valence electrons. The van der Waals surface area contributed by atoms with Gasteiger partial charge in [-0.15, -0.1) is 24.8 Å². The number of nitrogens with zero attached hydrogens (tertiary/aromatic N) is 1. The van der Waals surface area contributed by atoms with Crippen molar-refractivity contribution in [2.45, 2.75) is 38.1 Å². The van der Waals surface area contributed by atoms with Gasteiger partial charge in [-0.3, -0.25) is 4.90 Å². The van der Waals surface area contributed by atoms with Gasteiger partial charge in [0.25, 0.3) is 0 Å². The number of H-pyrrole nitrogens is 1. The molecule has 0 spiro atoms. The van der Waals surface area contributed by atoms with E-state index in [4.69, 9.17) is 0 Å². The zero-order chi connectivity index (χ0) is 12.2. The molecule has 1 aromatic heterocycles. The minimum Gasteiger partial charge on any atom is -0.364 e. The zero-order valence-corrected chi connectivity index (χ0v) is 13.6. The highest BCUT2D eigenvalue weighted by Crippen LogP contribution is 2.37. The van der Waals surface area contributed by atoms with Gasteiger partial charge >= 0.3 is 0 Å². The molecule has 1 aromatic rings. The molecule has 5 heteroatoms. The summed E-state index contributed by atoms with van der Waals surface area (Å²) in [5, 5.41) is 3.47. The largest absolute Gasteiger partial charge is 0.364 e. The van der Waals surface area contributed by atoms with Crippen molar-refractivity contribution >= 4 is 24.8 Å². The van der Waals surface area contributed by atoms with E-state index in [-0.39, 0.29) is 24.8 Å². The number of hydrogen-bond donors (Lipinski definition) is 2. The molecule has 3 nitrogen and oxygen atoms in total. The summed E-state index contributed by atoms with van der Waals surface area (Å²) in [7, 11) is 0. The molecule has 2 fully saturated rings. The Morgan fingerprint density at radius 1 is 1.05 bits per heavy atom. The summed E-state index contributed by atoms with van der Waals surface area (Å²) in [4.78, 5) is 6.16. The number of hydrogen-bond acceptors (Lipinski definition) is 2. The minimum atomic E-state index is 0. The van der Waals surface area contributed by atoms with Crippen LogP contribution in [0.15, 0.2) is 18.3 Å². The first-order chi connectivity index (χ1) is 8.95. The van der Waals surface area contributed by atoms with Crippen molar-refractivity contribution in [1.29, 1.82) is 0 Å². The first-order valence-electron chi connectivity index (χ1n) is 7.53. The van der Waals surface area contributed by atoms with Crippen LogP contribution in [0.3, 0.4) is 0 Å². The van der Waals surface area contributed by atoms with E-state index in [0.717, 1.165) is 19.0 Å². The van der Waals surface area contributed by atoms with Gasteiger partial charge in [0.1, 0.15) is 0 Å². The Balaban J connectivity index is 0.000001000. The smallest absolute Gasteiger partial charge is 0.0527 e. The summed E-state index contributed by atoms with van der Waals surface area (Å²) in [5.74, 6) is 0.857. The molecule has 0 bridgehead atoms. The summed E-state index contributed by atoms with van der Waals surface area (Å²) >= 11 is 0. The Morgan fingerprint density at radius 3 is 2.35 bits per heavy atom. The molecule has 20 heavy (non-hydrogen) atoms. The fourth-order valence-electron chi connectivity index (χ4n) is 3.69. The third-order valence-corrected chi connectivity index (χ3v) is 4.58. The summed E-state index contributed by atoms with van der Waals surface area (Å²) in [6, 6.07) is 5.05. The molecule has 3 rings (SSSR count).